The van der Waals surface area contributed by atoms with Crippen LogP contribution in [0.25, 0.3) is 0 Å². The molecule has 0 radical (unpaired) electrons. The molecule has 29 heavy (non-hydrogen) atoms. The van der Waals surface area contributed by atoms with Crippen molar-refractivity contribution in [3.63, 3.8) is 0 Å². The van der Waals surface area contributed by atoms with Crippen molar-refractivity contribution in [3.8, 4) is 5.75 Å². The van der Waals surface area contributed by atoms with Crippen molar-refractivity contribution in [3.05, 3.63) is 47.3 Å². The van der Waals surface area contributed by atoms with Crippen LogP contribution in [0.5, 0.6) is 5.75 Å². The second kappa shape index (κ2) is 10.7. The largest absolute Gasteiger partial charge is 0.484 e. The van der Waals surface area contributed by atoms with Gasteiger partial charge in [-0.05, 0) is 51.0 Å². The van der Waals surface area contributed by atoms with Gasteiger partial charge in [-0.15, -0.1) is 0 Å². The lowest BCUT2D eigenvalue weighted by atomic mass is 10.2. The highest BCUT2D eigenvalue weighted by atomic mass is 19.4. The number of guanidine groups is 1. The first kappa shape index (κ1) is 22.6. The normalized spacial score (nSPS) is 12.1. The molecule has 0 aliphatic carbocycles. The maximum Gasteiger partial charge on any atom is 0.422 e. The number of nitrogens with one attached hydrogen (secondary N) is 2. The topological polar surface area (TPSA) is 63.5 Å². The summed E-state index contributed by atoms with van der Waals surface area (Å²) in [4.78, 5) is 4.49. The Bertz CT molecular complexity index is 802. The minimum absolute atomic E-state index is 0.179. The fourth-order valence-electron chi connectivity index (χ4n) is 2.75. The highest BCUT2D eigenvalue weighted by Gasteiger charge is 2.28. The monoisotopic (exact) mass is 411 g/mol. The molecule has 6 nitrogen and oxygen atoms in total. The van der Waals surface area contributed by atoms with Gasteiger partial charge in [0.1, 0.15) is 5.75 Å². The van der Waals surface area contributed by atoms with Gasteiger partial charge in [0.2, 0.25) is 0 Å². The Morgan fingerprint density at radius 1 is 1.21 bits per heavy atom. The number of ether oxygens (including phenoxy) is 1. The zero-order valence-corrected chi connectivity index (χ0v) is 17.0. The van der Waals surface area contributed by atoms with Crippen molar-refractivity contribution in [1.82, 2.24) is 20.4 Å². The van der Waals surface area contributed by atoms with E-state index in [-0.39, 0.29) is 5.75 Å². The minimum Gasteiger partial charge on any atom is -0.484 e. The lowest BCUT2D eigenvalue weighted by molar-refractivity contribution is -0.153. The number of aromatic nitrogens is 2. The van der Waals surface area contributed by atoms with Crippen molar-refractivity contribution in [2.75, 3.05) is 19.7 Å². The van der Waals surface area contributed by atoms with Crippen molar-refractivity contribution >= 4 is 5.96 Å². The third kappa shape index (κ3) is 8.45. The Kier molecular flexibility index (Phi) is 8.35. The van der Waals surface area contributed by atoms with Crippen LogP contribution in [0, 0.1) is 13.8 Å². The van der Waals surface area contributed by atoms with E-state index in [1.165, 1.54) is 6.07 Å². The summed E-state index contributed by atoms with van der Waals surface area (Å²) in [6.07, 6.45) is -3.48. The Balaban J connectivity index is 1.85. The zero-order valence-electron chi connectivity index (χ0n) is 17.0. The van der Waals surface area contributed by atoms with Gasteiger partial charge in [0.15, 0.2) is 12.6 Å². The first-order valence-electron chi connectivity index (χ1n) is 9.58. The van der Waals surface area contributed by atoms with Gasteiger partial charge in [0.05, 0.1) is 12.2 Å². The predicted molar refractivity (Wildman–Crippen MR) is 107 cm³/mol. The fraction of sp³-hybridized carbons (Fsp3) is 0.500. The molecule has 0 unspecified atom stereocenters. The number of hydrogen-bond acceptors (Lipinski definition) is 3. The second-order valence-corrected chi connectivity index (χ2v) is 6.68. The van der Waals surface area contributed by atoms with Gasteiger partial charge in [-0.2, -0.15) is 18.3 Å². The zero-order chi connectivity index (χ0) is 21.3. The summed E-state index contributed by atoms with van der Waals surface area (Å²) in [6, 6.07) is 8.58. The molecule has 0 fully saturated rings. The van der Waals surface area contributed by atoms with E-state index in [1.54, 1.807) is 18.2 Å². The molecule has 0 bridgehead atoms. The summed E-state index contributed by atoms with van der Waals surface area (Å²) < 4.78 is 43.6. The molecule has 0 aliphatic rings. The molecule has 0 saturated carbocycles. The number of nitrogens with zero attached hydrogens (tertiary/aromatic N) is 3. The summed E-state index contributed by atoms with van der Waals surface area (Å²) in [5.41, 5.74) is 2.91. The summed E-state index contributed by atoms with van der Waals surface area (Å²) in [5.74, 6) is 0.834. The van der Waals surface area contributed by atoms with Gasteiger partial charge >= 0.3 is 6.18 Å². The number of hydrogen-bond donors (Lipinski definition) is 2. The molecule has 2 aromatic rings. The van der Waals surface area contributed by atoms with Crippen LogP contribution in [-0.2, 0) is 13.1 Å². The van der Waals surface area contributed by atoms with Crippen LogP contribution >= 0.6 is 0 Å². The number of aryl methyl sites for hydroxylation is 3. The van der Waals surface area contributed by atoms with Crippen molar-refractivity contribution in [2.24, 2.45) is 4.99 Å². The van der Waals surface area contributed by atoms with Gasteiger partial charge in [0.25, 0.3) is 0 Å². The molecule has 0 atom stereocenters. The Morgan fingerprint density at radius 2 is 2.00 bits per heavy atom. The standard InChI is InChI=1S/C20H28F3N5O/c1-4-24-19(25-9-6-10-28-16(3)11-15(2)27-28)26-13-17-7-5-8-18(12-17)29-14-20(21,22)23/h5,7-8,11-12H,4,6,9-10,13-14H2,1-3H3,(H2,24,25,26). The lowest BCUT2D eigenvalue weighted by Gasteiger charge is -2.12. The summed E-state index contributed by atoms with van der Waals surface area (Å²) in [7, 11) is 0. The Hall–Kier alpha value is -2.71. The average molecular weight is 411 g/mol. The quantitative estimate of drug-likeness (QED) is 0.376. The Morgan fingerprint density at radius 3 is 2.66 bits per heavy atom. The fourth-order valence-corrected chi connectivity index (χ4v) is 2.75. The molecular weight excluding hydrogens is 383 g/mol. The molecule has 1 aromatic carbocycles. The summed E-state index contributed by atoms with van der Waals surface area (Å²) in [5, 5.41) is 10.9. The molecule has 160 valence electrons. The third-order valence-corrected chi connectivity index (χ3v) is 4.01. The van der Waals surface area contributed by atoms with Gasteiger partial charge < -0.3 is 15.4 Å². The van der Waals surface area contributed by atoms with Crippen LogP contribution in [0.2, 0.25) is 0 Å². The predicted octanol–water partition coefficient (Wildman–Crippen LogP) is 3.59. The third-order valence-electron chi connectivity index (χ3n) is 4.01. The smallest absolute Gasteiger partial charge is 0.422 e. The van der Waals surface area contributed by atoms with Crippen molar-refractivity contribution in [2.45, 2.75) is 46.5 Å². The van der Waals surface area contributed by atoms with E-state index in [0.717, 1.165) is 36.5 Å². The van der Waals surface area contributed by atoms with E-state index < -0.39 is 12.8 Å². The number of benzene rings is 1. The molecule has 1 heterocycles. The minimum atomic E-state index is -4.36. The molecule has 0 amide bonds. The van der Waals surface area contributed by atoms with Crippen molar-refractivity contribution in [1.29, 1.82) is 0 Å². The van der Waals surface area contributed by atoms with Crippen LogP contribution in [0.1, 0.15) is 30.3 Å². The van der Waals surface area contributed by atoms with Crippen LogP contribution in [0.3, 0.4) is 0 Å². The molecule has 2 rings (SSSR count). The van der Waals surface area contributed by atoms with E-state index in [2.05, 4.69) is 20.7 Å². The van der Waals surface area contributed by atoms with Gasteiger partial charge in [-0.1, -0.05) is 12.1 Å². The molecular formula is C20H28F3N5O. The van der Waals surface area contributed by atoms with E-state index in [4.69, 9.17) is 4.74 Å². The first-order chi connectivity index (χ1) is 13.8. The summed E-state index contributed by atoms with van der Waals surface area (Å²) >= 11 is 0. The van der Waals surface area contributed by atoms with Gasteiger partial charge in [0, 0.05) is 25.3 Å². The lowest BCUT2D eigenvalue weighted by Crippen LogP contribution is -2.38. The number of halogens is 3. The Labute approximate surface area is 169 Å². The van der Waals surface area contributed by atoms with E-state index in [1.807, 2.05) is 31.5 Å². The highest BCUT2D eigenvalue weighted by molar-refractivity contribution is 5.79. The van der Waals surface area contributed by atoms with Crippen LogP contribution in [-0.4, -0.2) is 41.6 Å². The van der Waals surface area contributed by atoms with Gasteiger partial charge in [-0.25, -0.2) is 4.99 Å². The molecule has 2 N–H and O–H groups in total. The number of aliphatic imine (C=N–C) groups is 1. The highest BCUT2D eigenvalue weighted by Crippen LogP contribution is 2.19. The SMILES string of the molecule is CCNC(=NCc1cccc(OCC(F)(F)F)c1)NCCCn1nc(C)cc1C. The number of rotatable bonds is 9. The van der Waals surface area contributed by atoms with Crippen molar-refractivity contribution < 1.29 is 17.9 Å². The van der Waals surface area contributed by atoms with Gasteiger partial charge in [-0.3, -0.25) is 4.68 Å². The average Bonchev–Trinajstić information content (AvgIpc) is 2.98. The molecule has 9 heteroatoms. The van der Waals surface area contributed by atoms with E-state index >= 15 is 0 Å². The van der Waals surface area contributed by atoms with Crippen LogP contribution in [0.4, 0.5) is 13.2 Å². The maximum absolute atomic E-state index is 12.3. The second-order valence-electron chi connectivity index (χ2n) is 6.68. The van der Waals surface area contributed by atoms with E-state index in [0.29, 0.717) is 19.0 Å². The van der Waals surface area contributed by atoms with Crippen LogP contribution in [0.15, 0.2) is 35.3 Å². The molecule has 0 saturated heterocycles. The molecule has 1 aromatic heterocycles. The number of alkyl halides is 3. The maximum atomic E-state index is 12.3. The molecule has 0 spiro atoms. The molecule has 0 aliphatic heterocycles. The van der Waals surface area contributed by atoms with Crippen LogP contribution < -0.4 is 15.4 Å². The first-order valence-corrected chi connectivity index (χ1v) is 9.58. The van der Waals surface area contributed by atoms with E-state index in [9.17, 15) is 13.2 Å². The summed E-state index contributed by atoms with van der Waals surface area (Å²) in [6.45, 7) is 7.24.